The molecule has 0 unspecified atom stereocenters. The standard InChI is InChI=1S/C18H36N4O2/c1-15(2)11-19(12-16(3,4)21(15)23)9-10-20-13-17(5,6)22(24)18(7,8)14-20/h9-14H2,1-8H3/q+2. The van der Waals surface area contributed by atoms with Crippen LogP contribution in [0.2, 0.25) is 0 Å². The lowest BCUT2D eigenvalue weighted by Gasteiger charge is -2.42. The molecule has 0 aliphatic carbocycles. The van der Waals surface area contributed by atoms with Gasteiger partial charge in [0.1, 0.15) is 0 Å². The summed E-state index contributed by atoms with van der Waals surface area (Å²) in [5.41, 5.74) is -1.47. The van der Waals surface area contributed by atoms with Gasteiger partial charge in [0.25, 0.3) is 0 Å². The monoisotopic (exact) mass is 340 g/mol. The molecule has 2 rings (SSSR count). The molecule has 2 fully saturated rings. The SMILES string of the molecule is CC1(C)CN(CCN2CC(C)(C)[N+](=O)C(C)(C)C2)CC(C)(C)[N+]1=O. The van der Waals surface area contributed by atoms with Crippen LogP contribution in [0.25, 0.3) is 0 Å². The van der Waals surface area contributed by atoms with Crippen molar-refractivity contribution in [2.75, 3.05) is 39.3 Å². The summed E-state index contributed by atoms with van der Waals surface area (Å²) in [6.07, 6.45) is 0. The van der Waals surface area contributed by atoms with Gasteiger partial charge in [0.15, 0.2) is 0 Å². The highest BCUT2D eigenvalue weighted by molar-refractivity contribution is 4.89. The molecule has 0 aromatic heterocycles. The van der Waals surface area contributed by atoms with Crippen LogP contribution in [0.15, 0.2) is 0 Å². The smallest absolute Gasteiger partial charge is 0.218 e. The summed E-state index contributed by atoms with van der Waals surface area (Å²) in [5.74, 6) is 0. The molecule has 6 nitrogen and oxygen atoms in total. The second-order valence-corrected chi connectivity index (χ2v) is 10.3. The quantitative estimate of drug-likeness (QED) is 0.740. The average Bonchev–Trinajstić information content (AvgIpc) is 2.38. The molecule has 6 heteroatoms. The second kappa shape index (κ2) is 5.84. The Kier molecular flexibility index (Phi) is 4.73. The molecule has 0 atom stereocenters. The van der Waals surface area contributed by atoms with Crippen molar-refractivity contribution < 1.29 is 9.52 Å². The first-order chi connectivity index (χ1) is 10.7. The van der Waals surface area contributed by atoms with Gasteiger partial charge in [-0.2, -0.15) is 0 Å². The van der Waals surface area contributed by atoms with Gasteiger partial charge in [0.2, 0.25) is 22.2 Å². The number of nitrogens with zero attached hydrogens (tertiary/aromatic N) is 4. The van der Waals surface area contributed by atoms with E-state index >= 15 is 0 Å². The molecule has 2 heterocycles. The van der Waals surface area contributed by atoms with Gasteiger partial charge in [-0.25, -0.2) is 0 Å². The Morgan fingerprint density at radius 3 is 1.00 bits per heavy atom. The highest BCUT2D eigenvalue weighted by Gasteiger charge is 2.54. The molecular formula is C18H36N4O2+2. The number of hydrogen-bond donors (Lipinski definition) is 0. The summed E-state index contributed by atoms with van der Waals surface area (Å²) in [6.45, 7) is 21.2. The predicted octanol–water partition coefficient (Wildman–Crippen LogP) is 2.29. The molecule has 0 bridgehead atoms. The Labute approximate surface area is 146 Å². The largest absolute Gasteiger partial charge is 0.288 e. The van der Waals surface area contributed by atoms with Gasteiger partial charge in [-0.15, -0.1) is 0 Å². The van der Waals surface area contributed by atoms with Crippen molar-refractivity contribution >= 4 is 0 Å². The second-order valence-electron chi connectivity index (χ2n) is 10.3. The van der Waals surface area contributed by atoms with Crippen molar-refractivity contribution in [3.63, 3.8) is 0 Å². The zero-order chi connectivity index (χ0) is 18.6. The van der Waals surface area contributed by atoms with Crippen LogP contribution >= 0.6 is 0 Å². The van der Waals surface area contributed by atoms with Crippen LogP contribution in [0.3, 0.4) is 0 Å². The average molecular weight is 341 g/mol. The summed E-state index contributed by atoms with van der Waals surface area (Å²) >= 11 is 0. The van der Waals surface area contributed by atoms with Gasteiger partial charge in [0, 0.05) is 87.8 Å². The van der Waals surface area contributed by atoms with Crippen LogP contribution in [0.5, 0.6) is 0 Å². The maximum Gasteiger partial charge on any atom is 0.218 e. The maximum atomic E-state index is 12.5. The first-order valence-electron chi connectivity index (χ1n) is 9.07. The molecule has 0 aromatic carbocycles. The van der Waals surface area contributed by atoms with Crippen LogP contribution in [0.4, 0.5) is 0 Å². The van der Waals surface area contributed by atoms with Gasteiger partial charge in [0.05, 0.1) is 26.2 Å². The normalized spacial score (nSPS) is 29.7. The third-order valence-electron chi connectivity index (χ3n) is 5.37. The lowest BCUT2D eigenvalue weighted by molar-refractivity contribution is -0.694. The fourth-order valence-corrected chi connectivity index (χ4v) is 4.80. The minimum Gasteiger partial charge on any atom is -0.288 e. The van der Waals surface area contributed by atoms with Crippen LogP contribution < -0.4 is 0 Å². The van der Waals surface area contributed by atoms with Crippen molar-refractivity contribution in [1.82, 2.24) is 9.80 Å². The molecule has 0 amide bonds. The van der Waals surface area contributed by atoms with Crippen molar-refractivity contribution in [3.8, 4) is 0 Å². The Hall–Kier alpha value is -0.880. The van der Waals surface area contributed by atoms with Crippen LogP contribution in [0.1, 0.15) is 55.4 Å². The van der Waals surface area contributed by atoms with Crippen LogP contribution in [-0.2, 0) is 0 Å². The number of nitroso groups, excluding NO2 is 2. The van der Waals surface area contributed by atoms with E-state index in [4.69, 9.17) is 0 Å². The summed E-state index contributed by atoms with van der Waals surface area (Å²) in [7, 11) is 0. The minimum absolute atomic E-state index is 0.367. The molecule has 0 aromatic rings. The zero-order valence-electron chi connectivity index (χ0n) is 16.8. The van der Waals surface area contributed by atoms with Crippen LogP contribution in [-0.4, -0.2) is 80.7 Å². The van der Waals surface area contributed by atoms with Crippen molar-refractivity contribution in [2.45, 2.75) is 77.5 Å². The summed E-state index contributed by atoms with van der Waals surface area (Å²) in [5, 5.41) is 0. The van der Waals surface area contributed by atoms with E-state index in [0.717, 1.165) is 39.3 Å². The maximum absolute atomic E-state index is 12.5. The molecule has 2 aliphatic heterocycles. The van der Waals surface area contributed by atoms with E-state index in [9.17, 15) is 9.81 Å². The third kappa shape index (κ3) is 3.69. The Morgan fingerprint density at radius 2 is 0.792 bits per heavy atom. The third-order valence-corrected chi connectivity index (χ3v) is 5.37. The molecule has 2 saturated heterocycles. The molecule has 0 N–H and O–H groups in total. The summed E-state index contributed by atoms with van der Waals surface area (Å²) in [6, 6.07) is 0. The van der Waals surface area contributed by atoms with E-state index in [1.807, 2.05) is 55.4 Å². The zero-order valence-corrected chi connectivity index (χ0v) is 16.8. The first-order valence-corrected chi connectivity index (χ1v) is 9.07. The number of hydrogen-bond acceptors (Lipinski definition) is 4. The molecule has 0 saturated carbocycles. The van der Waals surface area contributed by atoms with Gasteiger partial charge < -0.3 is 0 Å². The van der Waals surface area contributed by atoms with E-state index in [1.54, 1.807) is 0 Å². The lowest BCUT2D eigenvalue weighted by Crippen LogP contribution is -2.66. The van der Waals surface area contributed by atoms with Gasteiger partial charge in [-0.1, -0.05) is 0 Å². The van der Waals surface area contributed by atoms with Gasteiger partial charge in [-0.05, 0) is 0 Å². The van der Waals surface area contributed by atoms with Gasteiger partial charge in [-0.3, -0.25) is 9.80 Å². The Balaban J connectivity index is 2.01. The Morgan fingerprint density at radius 1 is 0.583 bits per heavy atom. The molecule has 2 aliphatic rings. The summed E-state index contributed by atoms with van der Waals surface area (Å²) in [4.78, 5) is 29.7. The topological polar surface area (TPSA) is 46.6 Å². The van der Waals surface area contributed by atoms with Crippen molar-refractivity contribution in [3.05, 3.63) is 9.81 Å². The molecule has 138 valence electrons. The van der Waals surface area contributed by atoms with Crippen molar-refractivity contribution in [1.29, 1.82) is 0 Å². The van der Waals surface area contributed by atoms with Crippen molar-refractivity contribution in [2.24, 2.45) is 0 Å². The van der Waals surface area contributed by atoms with E-state index in [1.165, 1.54) is 9.52 Å². The number of piperazine rings is 2. The van der Waals surface area contributed by atoms with E-state index in [-0.39, 0.29) is 22.2 Å². The highest BCUT2D eigenvalue weighted by atomic mass is 16.3. The fraction of sp³-hybridized carbons (Fsp3) is 1.00. The highest BCUT2D eigenvalue weighted by Crippen LogP contribution is 2.29. The van der Waals surface area contributed by atoms with E-state index in [0.29, 0.717) is 0 Å². The molecular weight excluding hydrogens is 304 g/mol. The lowest BCUT2D eigenvalue weighted by atomic mass is 9.90. The predicted molar refractivity (Wildman–Crippen MR) is 96.5 cm³/mol. The van der Waals surface area contributed by atoms with Gasteiger partial charge >= 0.3 is 0 Å². The molecule has 0 radical (unpaired) electrons. The van der Waals surface area contributed by atoms with E-state index in [2.05, 4.69) is 9.80 Å². The molecule has 24 heavy (non-hydrogen) atoms. The fourth-order valence-electron chi connectivity index (χ4n) is 4.80. The number of rotatable bonds is 3. The Bertz CT molecular complexity index is 449. The van der Waals surface area contributed by atoms with Crippen LogP contribution in [0, 0.1) is 9.81 Å². The molecule has 0 spiro atoms. The first kappa shape index (κ1) is 19.4. The van der Waals surface area contributed by atoms with E-state index < -0.39 is 0 Å². The minimum atomic E-state index is -0.367. The summed E-state index contributed by atoms with van der Waals surface area (Å²) < 4.78 is 2.53.